The molecule has 5 heteroatoms. The van der Waals surface area contributed by atoms with E-state index in [9.17, 15) is 4.79 Å². The summed E-state index contributed by atoms with van der Waals surface area (Å²) >= 11 is 5.55. The van der Waals surface area contributed by atoms with Crippen LogP contribution in [0.5, 0.6) is 0 Å². The number of nitrogens with zero attached hydrogens (tertiary/aromatic N) is 2. The van der Waals surface area contributed by atoms with Crippen LogP contribution in [-0.4, -0.2) is 23.0 Å². The topological polar surface area (TPSA) is 52.1 Å². The first kappa shape index (κ1) is 8.93. The molecule has 1 aromatic rings. The molecule has 0 fully saturated rings. The molecule has 1 rings (SSSR count). The van der Waals surface area contributed by atoms with Crippen molar-refractivity contribution in [3.05, 3.63) is 23.2 Å². The molecular formula is C7H7ClN2O2. The SMILES string of the molecule is COC(=O)Cc1cncc(Cl)n1. The Labute approximate surface area is 74.5 Å². The second kappa shape index (κ2) is 4.01. The van der Waals surface area contributed by atoms with Gasteiger partial charge in [-0.2, -0.15) is 0 Å². The van der Waals surface area contributed by atoms with Gasteiger partial charge in [0.05, 0.1) is 25.4 Å². The van der Waals surface area contributed by atoms with Crippen molar-refractivity contribution in [3.63, 3.8) is 0 Å². The third-order valence-electron chi connectivity index (χ3n) is 1.21. The zero-order chi connectivity index (χ0) is 8.97. The van der Waals surface area contributed by atoms with E-state index in [0.717, 1.165) is 0 Å². The van der Waals surface area contributed by atoms with E-state index in [-0.39, 0.29) is 17.5 Å². The number of aromatic nitrogens is 2. The quantitative estimate of drug-likeness (QED) is 0.643. The molecule has 0 aliphatic heterocycles. The second-order valence-electron chi connectivity index (χ2n) is 2.09. The van der Waals surface area contributed by atoms with E-state index in [2.05, 4.69) is 14.7 Å². The van der Waals surface area contributed by atoms with Gasteiger partial charge in [0.15, 0.2) is 0 Å². The predicted octanol–water partition coefficient (Wildman–Crippen LogP) is 0.845. The summed E-state index contributed by atoms with van der Waals surface area (Å²) < 4.78 is 4.44. The number of carbonyl (C=O) groups is 1. The van der Waals surface area contributed by atoms with Gasteiger partial charge in [-0.1, -0.05) is 11.6 Å². The molecule has 1 aromatic heterocycles. The Bertz CT molecular complexity index is 290. The zero-order valence-electron chi connectivity index (χ0n) is 6.45. The minimum atomic E-state index is -0.355. The van der Waals surface area contributed by atoms with E-state index >= 15 is 0 Å². The maximum atomic E-state index is 10.8. The molecule has 0 saturated heterocycles. The first-order valence-electron chi connectivity index (χ1n) is 3.25. The van der Waals surface area contributed by atoms with E-state index in [4.69, 9.17) is 11.6 Å². The van der Waals surface area contributed by atoms with Gasteiger partial charge >= 0.3 is 5.97 Å². The number of esters is 1. The zero-order valence-corrected chi connectivity index (χ0v) is 7.21. The highest BCUT2D eigenvalue weighted by Gasteiger charge is 2.04. The van der Waals surface area contributed by atoms with Crippen LogP contribution >= 0.6 is 11.6 Å². The summed E-state index contributed by atoms with van der Waals surface area (Å²) in [5, 5.41) is 0.274. The third-order valence-corrected chi connectivity index (χ3v) is 1.39. The van der Waals surface area contributed by atoms with Crippen LogP contribution in [0.25, 0.3) is 0 Å². The van der Waals surface area contributed by atoms with E-state index < -0.39 is 0 Å². The Hall–Kier alpha value is -1.16. The van der Waals surface area contributed by atoms with Crippen molar-refractivity contribution in [3.8, 4) is 0 Å². The van der Waals surface area contributed by atoms with Crippen LogP contribution in [0.3, 0.4) is 0 Å². The van der Waals surface area contributed by atoms with Crippen molar-refractivity contribution in [1.82, 2.24) is 9.97 Å². The Kier molecular flexibility index (Phi) is 2.99. The highest BCUT2D eigenvalue weighted by atomic mass is 35.5. The normalized spacial score (nSPS) is 9.50. The molecule has 0 aliphatic rings. The summed E-state index contributed by atoms with van der Waals surface area (Å²) in [5.41, 5.74) is 0.509. The highest BCUT2D eigenvalue weighted by molar-refractivity contribution is 6.29. The van der Waals surface area contributed by atoms with Crippen LogP contribution in [0.2, 0.25) is 5.15 Å². The number of hydrogen-bond donors (Lipinski definition) is 0. The van der Waals surface area contributed by atoms with Crippen LogP contribution in [0.15, 0.2) is 12.4 Å². The van der Waals surface area contributed by atoms with Crippen LogP contribution in [-0.2, 0) is 16.0 Å². The maximum Gasteiger partial charge on any atom is 0.311 e. The summed E-state index contributed by atoms with van der Waals surface area (Å²) in [6.07, 6.45) is 2.98. The summed E-state index contributed by atoms with van der Waals surface area (Å²) in [7, 11) is 1.32. The van der Waals surface area contributed by atoms with E-state index in [0.29, 0.717) is 5.69 Å². The van der Waals surface area contributed by atoms with Crippen molar-refractivity contribution in [1.29, 1.82) is 0 Å². The predicted molar refractivity (Wildman–Crippen MR) is 42.8 cm³/mol. The number of carbonyl (C=O) groups excluding carboxylic acids is 1. The Morgan fingerprint density at radius 2 is 2.42 bits per heavy atom. The fourth-order valence-electron chi connectivity index (χ4n) is 0.685. The minimum absolute atomic E-state index is 0.101. The summed E-state index contributed by atoms with van der Waals surface area (Å²) in [6.45, 7) is 0. The highest BCUT2D eigenvalue weighted by Crippen LogP contribution is 2.03. The standard InChI is InChI=1S/C7H7ClN2O2/c1-12-7(11)2-5-3-9-4-6(8)10-5/h3-4H,2H2,1H3. The van der Waals surface area contributed by atoms with Gasteiger partial charge in [-0.3, -0.25) is 9.78 Å². The van der Waals surface area contributed by atoms with E-state index in [1.165, 1.54) is 19.5 Å². The molecule has 0 aromatic carbocycles. The van der Waals surface area contributed by atoms with Crippen molar-refractivity contribution in [2.45, 2.75) is 6.42 Å². The average molecular weight is 187 g/mol. The van der Waals surface area contributed by atoms with Gasteiger partial charge in [0.1, 0.15) is 5.15 Å². The smallest absolute Gasteiger partial charge is 0.311 e. The number of methoxy groups -OCH3 is 1. The summed E-state index contributed by atoms with van der Waals surface area (Å²) in [4.78, 5) is 18.4. The van der Waals surface area contributed by atoms with Crippen LogP contribution in [0.1, 0.15) is 5.69 Å². The van der Waals surface area contributed by atoms with Crippen LogP contribution < -0.4 is 0 Å². The molecule has 1 heterocycles. The molecule has 0 radical (unpaired) electrons. The number of rotatable bonds is 2. The van der Waals surface area contributed by atoms with Gasteiger partial charge in [0, 0.05) is 6.20 Å². The molecule has 64 valence electrons. The average Bonchev–Trinajstić information content (AvgIpc) is 2.04. The monoisotopic (exact) mass is 186 g/mol. The number of hydrogen-bond acceptors (Lipinski definition) is 4. The largest absolute Gasteiger partial charge is 0.469 e. The molecule has 0 N–H and O–H groups in total. The van der Waals surface area contributed by atoms with Crippen LogP contribution in [0, 0.1) is 0 Å². The van der Waals surface area contributed by atoms with E-state index in [1.54, 1.807) is 0 Å². The third kappa shape index (κ3) is 2.47. The fourth-order valence-corrected chi connectivity index (χ4v) is 0.850. The van der Waals surface area contributed by atoms with Crippen molar-refractivity contribution in [2.75, 3.05) is 7.11 Å². The van der Waals surface area contributed by atoms with Gasteiger partial charge in [-0.05, 0) is 0 Å². The Balaban J connectivity index is 2.69. The molecule has 12 heavy (non-hydrogen) atoms. The maximum absolute atomic E-state index is 10.8. The van der Waals surface area contributed by atoms with Crippen LogP contribution in [0.4, 0.5) is 0 Å². The van der Waals surface area contributed by atoms with Crippen molar-refractivity contribution < 1.29 is 9.53 Å². The lowest BCUT2D eigenvalue weighted by molar-refractivity contribution is -0.139. The lowest BCUT2D eigenvalue weighted by Gasteiger charge is -1.97. The van der Waals surface area contributed by atoms with E-state index in [1.807, 2.05) is 0 Å². The molecule has 0 unspecified atom stereocenters. The van der Waals surface area contributed by atoms with Gasteiger partial charge in [0.25, 0.3) is 0 Å². The molecule has 0 atom stereocenters. The molecule has 4 nitrogen and oxygen atoms in total. The first-order valence-corrected chi connectivity index (χ1v) is 3.63. The van der Waals surface area contributed by atoms with Gasteiger partial charge < -0.3 is 4.74 Å². The lowest BCUT2D eigenvalue weighted by atomic mass is 10.3. The summed E-state index contributed by atoms with van der Waals surface area (Å²) in [5.74, 6) is -0.355. The van der Waals surface area contributed by atoms with Crippen molar-refractivity contribution in [2.24, 2.45) is 0 Å². The number of ether oxygens (including phenoxy) is 1. The van der Waals surface area contributed by atoms with Crippen molar-refractivity contribution >= 4 is 17.6 Å². The molecule has 0 spiro atoms. The molecule has 0 bridgehead atoms. The Morgan fingerprint density at radius 1 is 1.67 bits per heavy atom. The molecule has 0 saturated carbocycles. The number of halogens is 1. The van der Waals surface area contributed by atoms with Gasteiger partial charge in [-0.15, -0.1) is 0 Å². The van der Waals surface area contributed by atoms with Gasteiger partial charge in [-0.25, -0.2) is 4.98 Å². The Morgan fingerprint density at radius 3 is 3.00 bits per heavy atom. The minimum Gasteiger partial charge on any atom is -0.469 e. The second-order valence-corrected chi connectivity index (χ2v) is 2.47. The molecule has 0 aliphatic carbocycles. The molecule has 0 amide bonds. The first-order chi connectivity index (χ1) is 5.72. The fraction of sp³-hybridized carbons (Fsp3) is 0.286. The summed E-state index contributed by atoms with van der Waals surface area (Å²) in [6, 6.07) is 0. The molecular weight excluding hydrogens is 180 g/mol. The van der Waals surface area contributed by atoms with Gasteiger partial charge in [0.2, 0.25) is 0 Å². The lowest BCUT2D eigenvalue weighted by Crippen LogP contribution is -2.06.